The molecule has 13 heteroatoms. The molecule has 55 heavy (non-hydrogen) atoms. The van der Waals surface area contributed by atoms with Crippen LogP contribution in [0, 0.1) is 5.82 Å². The number of aliphatic carboxylic acids is 1. The lowest BCUT2D eigenvalue weighted by atomic mass is 9.98. The molecule has 3 aliphatic rings. The number of allylic oxidation sites excluding steroid dienone is 1. The fourth-order valence-electron chi connectivity index (χ4n) is 6.41. The summed E-state index contributed by atoms with van der Waals surface area (Å²) >= 11 is 1.55. The first kappa shape index (κ1) is 38.8. The zero-order valence-electron chi connectivity index (χ0n) is 29.8. The van der Waals surface area contributed by atoms with Crippen LogP contribution in [0.2, 0.25) is 0 Å². The molecule has 0 saturated heterocycles. The van der Waals surface area contributed by atoms with Crippen LogP contribution in [0.25, 0.3) is 11.1 Å². The van der Waals surface area contributed by atoms with Crippen LogP contribution in [0.15, 0.2) is 115 Å². The Hall–Kier alpha value is -5.95. The van der Waals surface area contributed by atoms with Gasteiger partial charge in [-0.25, -0.2) is 9.18 Å². The van der Waals surface area contributed by atoms with Crippen molar-refractivity contribution in [3.8, 4) is 16.9 Å². The van der Waals surface area contributed by atoms with Gasteiger partial charge in [0.15, 0.2) is 6.61 Å². The van der Waals surface area contributed by atoms with Gasteiger partial charge >= 0.3 is 5.97 Å². The third kappa shape index (κ3) is 11.0. The fraction of sp³-hybridized carbons (Fsp3) is 0.262. The molecule has 2 bridgehead atoms. The average Bonchev–Trinajstić information content (AvgIpc) is 3.70. The number of fused-ring (bicyclic) bond motifs is 16. The van der Waals surface area contributed by atoms with Gasteiger partial charge in [-0.1, -0.05) is 84.9 Å². The molecular weight excluding hydrogens is 724 g/mol. The Bertz CT molecular complexity index is 2000. The lowest BCUT2D eigenvalue weighted by Crippen LogP contribution is -2.59. The third-order valence-corrected chi connectivity index (χ3v) is 10.5. The highest BCUT2D eigenvalue weighted by atomic mass is 32.2. The second-order valence-electron chi connectivity index (χ2n) is 13.5. The van der Waals surface area contributed by atoms with E-state index < -0.39 is 60.4 Å². The van der Waals surface area contributed by atoms with Crippen molar-refractivity contribution in [2.45, 2.75) is 61.5 Å². The van der Waals surface area contributed by atoms with Crippen molar-refractivity contribution in [2.75, 3.05) is 6.61 Å². The van der Waals surface area contributed by atoms with Gasteiger partial charge < -0.3 is 31.1 Å². The Balaban J connectivity index is 1.33. The second-order valence-corrected chi connectivity index (χ2v) is 14.7. The van der Waals surface area contributed by atoms with Gasteiger partial charge in [0.25, 0.3) is 5.91 Å². The van der Waals surface area contributed by atoms with Crippen LogP contribution in [0.3, 0.4) is 0 Å². The number of carboxylic acids is 1. The molecule has 0 radical (unpaired) electrons. The first-order valence-corrected chi connectivity index (χ1v) is 18.9. The number of thioether (sulfide) groups is 1. The quantitative estimate of drug-likeness (QED) is 0.166. The van der Waals surface area contributed by atoms with Crippen molar-refractivity contribution in [1.29, 1.82) is 0 Å². The molecule has 4 aromatic carbocycles. The summed E-state index contributed by atoms with van der Waals surface area (Å²) in [4.78, 5) is 67.9. The molecular formula is C42H41FN4O7S. The highest BCUT2D eigenvalue weighted by Crippen LogP contribution is 2.28. The summed E-state index contributed by atoms with van der Waals surface area (Å²) in [6, 6.07) is 23.9. The number of amides is 4. The van der Waals surface area contributed by atoms with E-state index in [0.29, 0.717) is 28.9 Å². The van der Waals surface area contributed by atoms with Gasteiger partial charge in [-0.15, -0.1) is 11.8 Å². The SMILES string of the molecule is O=C1COc2ccc(cc2)C[C@@H](C(=O)O)NC(=O)[C@H](Cc2ccccc2)NC(=O)[C@H](Cc2ccc(-c3ccc(F)cc3)cc2)NC(=O)[C@H](CC2CC=CS2)N1. The topological polar surface area (TPSA) is 163 Å². The van der Waals surface area contributed by atoms with E-state index in [2.05, 4.69) is 21.3 Å². The molecule has 0 fully saturated rings. The molecule has 1 unspecified atom stereocenters. The number of hydrogen-bond acceptors (Lipinski definition) is 7. The molecule has 5 atom stereocenters. The van der Waals surface area contributed by atoms with Gasteiger partial charge in [0.05, 0.1) is 0 Å². The van der Waals surface area contributed by atoms with Crippen LogP contribution in [0.1, 0.15) is 29.5 Å². The van der Waals surface area contributed by atoms with Crippen LogP contribution in [-0.2, 0) is 43.2 Å². The molecule has 11 nitrogen and oxygen atoms in total. The van der Waals surface area contributed by atoms with E-state index in [1.165, 1.54) is 12.1 Å². The van der Waals surface area contributed by atoms with E-state index >= 15 is 0 Å². The van der Waals surface area contributed by atoms with E-state index in [1.807, 2.05) is 29.7 Å². The van der Waals surface area contributed by atoms with Crippen molar-refractivity contribution in [3.05, 3.63) is 137 Å². The minimum Gasteiger partial charge on any atom is -0.484 e. The van der Waals surface area contributed by atoms with Crippen LogP contribution < -0.4 is 26.0 Å². The van der Waals surface area contributed by atoms with Crippen molar-refractivity contribution in [2.24, 2.45) is 0 Å². The standard InChI is InChI=1S/C42H41FN4O7S/c43-31-16-14-30(15-17-31)29-12-8-27(9-13-29)22-35-39(49)45-34(21-26-5-2-1-3-6-26)40(50)47-37(42(52)53)23-28-10-18-32(19-11-28)54-25-38(48)44-36(41(51)46-35)24-33-7-4-20-55-33/h1-6,8-20,33-37H,7,21-25H2,(H,44,48)(H,45,49)(H,46,51)(H,47,50)(H,52,53)/t33?,34-,35-,36-,37-/m0/s1. The predicted octanol–water partition coefficient (Wildman–Crippen LogP) is 4.35. The van der Waals surface area contributed by atoms with Crippen LogP contribution in [-0.4, -0.2) is 70.7 Å². The Morgan fingerprint density at radius 1 is 0.709 bits per heavy atom. The van der Waals surface area contributed by atoms with E-state index in [4.69, 9.17) is 4.74 Å². The molecule has 3 aliphatic heterocycles. The number of rotatable bonds is 8. The highest BCUT2D eigenvalue weighted by molar-refractivity contribution is 8.03. The summed E-state index contributed by atoms with van der Waals surface area (Å²) in [5, 5.41) is 23.1. The van der Waals surface area contributed by atoms with Gasteiger partial charge in [0.1, 0.15) is 35.7 Å². The largest absolute Gasteiger partial charge is 0.484 e. The molecule has 3 heterocycles. The third-order valence-electron chi connectivity index (χ3n) is 9.38. The summed E-state index contributed by atoms with van der Waals surface area (Å²) in [5.41, 5.74) is 3.58. The predicted molar refractivity (Wildman–Crippen MR) is 206 cm³/mol. The average molecular weight is 765 g/mol. The monoisotopic (exact) mass is 764 g/mol. The second kappa shape index (κ2) is 18.4. The number of benzene rings is 4. The number of carbonyl (C=O) groups is 5. The van der Waals surface area contributed by atoms with E-state index in [-0.39, 0.29) is 36.8 Å². The Morgan fingerprint density at radius 3 is 1.89 bits per heavy atom. The summed E-state index contributed by atoms with van der Waals surface area (Å²) in [5.74, 6) is -3.81. The summed E-state index contributed by atoms with van der Waals surface area (Å²) in [7, 11) is 0. The van der Waals surface area contributed by atoms with Crippen molar-refractivity contribution in [3.63, 3.8) is 0 Å². The van der Waals surface area contributed by atoms with Gasteiger partial charge in [0, 0.05) is 24.5 Å². The van der Waals surface area contributed by atoms with Gasteiger partial charge in [0.2, 0.25) is 17.7 Å². The van der Waals surface area contributed by atoms with E-state index in [1.54, 1.807) is 84.6 Å². The summed E-state index contributed by atoms with van der Waals surface area (Å²) < 4.78 is 19.2. The molecule has 0 aromatic heterocycles. The van der Waals surface area contributed by atoms with Gasteiger partial charge in [-0.3, -0.25) is 19.2 Å². The first-order valence-electron chi connectivity index (χ1n) is 17.9. The Labute approximate surface area is 322 Å². The number of ether oxygens (including phenoxy) is 1. The highest BCUT2D eigenvalue weighted by Gasteiger charge is 2.33. The molecule has 5 N–H and O–H groups in total. The maximum atomic E-state index is 14.3. The lowest BCUT2D eigenvalue weighted by Gasteiger charge is -2.27. The maximum Gasteiger partial charge on any atom is 0.326 e. The van der Waals surface area contributed by atoms with Gasteiger partial charge in [-0.05, 0) is 70.3 Å². The molecule has 4 amide bonds. The minimum absolute atomic E-state index is 0.0101. The number of carboxylic acid groups (broad SMARTS) is 1. The van der Waals surface area contributed by atoms with Crippen molar-refractivity contribution in [1.82, 2.24) is 21.3 Å². The summed E-state index contributed by atoms with van der Waals surface area (Å²) in [6.45, 7) is -0.390. The number of halogens is 1. The molecule has 0 saturated carbocycles. The normalized spacial score (nSPS) is 22.2. The first-order chi connectivity index (χ1) is 26.6. The minimum atomic E-state index is -1.33. The fourth-order valence-corrected chi connectivity index (χ4v) is 7.38. The van der Waals surface area contributed by atoms with Gasteiger partial charge in [-0.2, -0.15) is 0 Å². The molecule has 7 rings (SSSR count). The van der Waals surface area contributed by atoms with Crippen molar-refractivity contribution < 1.29 is 38.2 Å². The smallest absolute Gasteiger partial charge is 0.326 e. The number of nitrogens with one attached hydrogen (secondary N) is 4. The van der Waals surface area contributed by atoms with E-state index in [0.717, 1.165) is 11.1 Å². The van der Waals surface area contributed by atoms with E-state index in [9.17, 15) is 33.5 Å². The molecule has 0 spiro atoms. The number of carbonyl (C=O) groups excluding carboxylic acids is 4. The lowest BCUT2D eigenvalue weighted by molar-refractivity contribution is -0.142. The van der Waals surface area contributed by atoms with Crippen LogP contribution in [0.5, 0.6) is 5.75 Å². The zero-order chi connectivity index (χ0) is 38.7. The number of hydrogen-bond donors (Lipinski definition) is 5. The summed E-state index contributed by atoms with van der Waals surface area (Å²) in [6.07, 6.45) is 2.95. The molecule has 0 aliphatic carbocycles. The molecule has 4 aromatic rings. The maximum absolute atomic E-state index is 14.3. The van der Waals surface area contributed by atoms with Crippen LogP contribution >= 0.6 is 11.8 Å². The van der Waals surface area contributed by atoms with Crippen molar-refractivity contribution >= 4 is 41.4 Å². The van der Waals surface area contributed by atoms with Crippen LogP contribution in [0.4, 0.5) is 4.39 Å². The molecule has 284 valence electrons. The zero-order valence-corrected chi connectivity index (χ0v) is 30.6. The Morgan fingerprint density at radius 2 is 1.29 bits per heavy atom. The Kier molecular flexibility index (Phi) is 13.0.